The van der Waals surface area contributed by atoms with Gasteiger partial charge in [-0.25, -0.2) is 0 Å². The Morgan fingerprint density at radius 3 is 2.09 bits per heavy atom. The van der Waals surface area contributed by atoms with Crippen molar-refractivity contribution < 1.29 is 13.5 Å². The molecule has 0 saturated carbocycles. The smallest absolute Gasteiger partial charge is 0.283 e. The first-order chi connectivity index (χ1) is 10.7. The Balaban J connectivity index is 2.27. The van der Waals surface area contributed by atoms with E-state index < -0.39 is 10.0 Å². The first-order valence-electron chi connectivity index (χ1n) is 7.14. The molecule has 23 heavy (non-hydrogen) atoms. The maximum Gasteiger partial charge on any atom is 0.283 e. The van der Waals surface area contributed by atoms with Crippen LogP contribution in [0.25, 0.3) is 0 Å². The number of nitrogens with one attached hydrogen (secondary N) is 1. The predicted molar refractivity (Wildman–Crippen MR) is 92.7 cm³/mol. The molecule has 0 fully saturated rings. The summed E-state index contributed by atoms with van der Waals surface area (Å²) in [5.74, 6) is 0.493. The summed E-state index contributed by atoms with van der Waals surface area (Å²) in [6.45, 7) is 7.04. The Labute approximate surface area is 136 Å². The molecule has 5 nitrogen and oxygen atoms in total. The molecule has 0 radical (unpaired) electrons. The van der Waals surface area contributed by atoms with Crippen LogP contribution in [0.1, 0.15) is 23.6 Å². The molecule has 0 aliphatic carbocycles. The van der Waals surface area contributed by atoms with E-state index in [2.05, 4.69) is 9.71 Å². The lowest BCUT2D eigenvalue weighted by Crippen LogP contribution is -2.11. The summed E-state index contributed by atoms with van der Waals surface area (Å²) < 4.78 is 28.3. The molecule has 122 valence electrons. The summed E-state index contributed by atoms with van der Waals surface area (Å²) in [5, 5.41) is 12.7. The number of aromatic hydroxyl groups is 1. The molecule has 0 aliphatic heterocycles. The quantitative estimate of drug-likeness (QED) is 0.512. The highest BCUT2D eigenvalue weighted by Crippen LogP contribution is 2.25. The second-order valence-electron chi connectivity index (χ2n) is 5.55. The summed E-state index contributed by atoms with van der Waals surface area (Å²) in [7, 11) is -3.75. The van der Waals surface area contributed by atoms with Crippen molar-refractivity contribution in [3.63, 3.8) is 0 Å². The molecule has 6 heteroatoms. The Hall–Kier alpha value is -2.34. The number of hydrogen-bond acceptors (Lipinski definition) is 3. The van der Waals surface area contributed by atoms with Crippen molar-refractivity contribution in [1.82, 2.24) is 0 Å². The van der Waals surface area contributed by atoms with Crippen LogP contribution in [-0.2, 0) is 10.0 Å². The third kappa shape index (κ3) is 4.10. The van der Waals surface area contributed by atoms with E-state index in [0.717, 1.165) is 5.56 Å². The minimum atomic E-state index is -3.75. The fraction of sp³-hybridized carbons (Fsp3) is 0.235. The van der Waals surface area contributed by atoms with Gasteiger partial charge in [-0.05, 0) is 63.1 Å². The molecule has 0 aromatic heterocycles. The van der Waals surface area contributed by atoms with Gasteiger partial charge < -0.3 is 10.4 Å². The molecule has 0 heterocycles. The first kappa shape index (κ1) is 17.0. The molecule has 0 spiro atoms. The van der Waals surface area contributed by atoms with Crippen molar-refractivity contribution >= 4 is 21.5 Å². The molecule has 0 unspecified atom stereocenters. The molecule has 0 bridgehead atoms. The van der Waals surface area contributed by atoms with Gasteiger partial charge in [-0.2, -0.15) is 8.42 Å². The van der Waals surface area contributed by atoms with Crippen LogP contribution >= 0.6 is 0 Å². The topological polar surface area (TPSA) is 78.8 Å². The van der Waals surface area contributed by atoms with Crippen molar-refractivity contribution in [3.05, 3.63) is 53.1 Å². The number of sulfonamides is 1. The minimum Gasteiger partial charge on any atom is -0.507 e. The second kappa shape index (κ2) is 6.42. The lowest BCUT2D eigenvalue weighted by atomic mass is 10.1. The van der Waals surface area contributed by atoms with Gasteiger partial charge in [0.2, 0.25) is 0 Å². The number of nitrogens with zero attached hydrogens (tertiary/aromatic N) is 1. The highest BCUT2D eigenvalue weighted by Gasteiger charge is 2.13. The highest BCUT2D eigenvalue weighted by molar-refractivity contribution is 7.90. The molecule has 2 aromatic carbocycles. The Bertz CT molecular complexity index is 831. The number of aryl methyl sites for hydroxylation is 3. The molecule has 2 N–H and O–H groups in total. The van der Waals surface area contributed by atoms with Crippen LogP contribution in [0.5, 0.6) is 5.75 Å². The summed E-state index contributed by atoms with van der Waals surface area (Å²) in [4.78, 5) is 0.155. The van der Waals surface area contributed by atoms with Crippen LogP contribution in [0.4, 0.5) is 5.69 Å². The van der Waals surface area contributed by atoms with Gasteiger partial charge in [-0.3, -0.25) is 0 Å². The number of rotatable bonds is 3. The van der Waals surface area contributed by atoms with Gasteiger partial charge in [0.1, 0.15) is 11.6 Å². The average molecular weight is 332 g/mol. The number of phenols is 1. The first-order valence-corrected chi connectivity index (χ1v) is 8.58. The number of amidine groups is 1. The van der Waals surface area contributed by atoms with Gasteiger partial charge in [-0.15, -0.1) is 4.40 Å². The zero-order chi connectivity index (χ0) is 17.2. The third-order valence-electron chi connectivity index (χ3n) is 3.39. The number of anilines is 1. The van der Waals surface area contributed by atoms with Crippen LogP contribution in [0.15, 0.2) is 45.7 Å². The van der Waals surface area contributed by atoms with E-state index in [-0.39, 0.29) is 16.5 Å². The number of phenolic OH excluding ortho intramolecular Hbond substituents is 1. The van der Waals surface area contributed by atoms with Gasteiger partial charge in [0.05, 0.1) is 4.90 Å². The molecule has 0 amide bonds. The van der Waals surface area contributed by atoms with E-state index in [0.29, 0.717) is 16.8 Å². The van der Waals surface area contributed by atoms with E-state index in [4.69, 9.17) is 0 Å². The maximum atomic E-state index is 12.3. The van der Waals surface area contributed by atoms with Crippen LogP contribution < -0.4 is 5.32 Å². The van der Waals surface area contributed by atoms with Crippen LogP contribution in [0.2, 0.25) is 0 Å². The van der Waals surface area contributed by atoms with E-state index >= 15 is 0 Å². The van der Waals surface area contributed by atoms with Gasteiger partial charge in [-0.1, -0.05) is 17.7 Å². The van der Waals surface area contributed by atoms with Crippen molar-refractivity contribution in [1.29, 1.82) is 0 Å². The number of hydrogen-bond donors (Lipinski definition) is 2. The summed E-state index contributed by atoms with van der Waals surface area (Å²) >= 11 is 0. The lowest BCUT2D eigenvalue weighted by Gasteiger charge is -2.10. The van der Waals surface area contributed by atoms with Crippen molar-refractivity contribution in [2.75, 3.05) is 5.32 Å². The fourth-order valence-corrected chi connectivity index (χ4v) is 3.19. The SMILES string of the molecule is CC(=NS(=O)(=O)c1ccc(C)cc1)Nc1cc(C)c(O)c(C)c1. The summed E-state index contributed by atoms with van der Waals surface area (Å²) in [6.07, 6.45) is 0. The van der Waals surface area contributed by atoms with E-state index in [1.54, 1.807) is 45.0 Å². The van der Waals surface area contributed by atoms with Crippen molar-refractivity contribution in [2.45, 2.75) is 32.6 Å². The highest BCUT2D eigenvalue weighted by atomic mass is 32.2. The van der Waals surface area contributed by atoms with Crippen molar-refractivity contribution in [2.24, 2.45) is 4.40 Å². The minimum absolute atomic E-state index is 0.155. The van der Waals surface area contributed by atoms with Gasteiger partial charge in [0.25, 0.3) is 10.0 Å². The Morgan fingerprint density at radius 2 is 1.57 bits per heavy atom. The largest absolute Gasteiger partial charge is 0.507 e. The maximum absolute atomic E-state index is 12.3. The summed E-state index contributed by atoms with van der Waals surface area (Å²) in [5.41, 5.74) is 3.08. The van der Waals surface area contributed by atoms with Gasteiger partial charge in [0, 0.05) is 5.69 Å². The zero-order valence-corrected chi connectivity index (χ0v) is 14.4. The van der Waals surface area contributed by atoms with Crippen LogP contribution in [-0.4, -0.2) is 19.4 Å². The fourth-order valence-electron chi connectivity index (χ4n) is 2.20. The van der Waals surface area contributed by atoms with E-state index in [1.807, 2.05) is 6.92 Å². The standard InChI is InChI=1S/C17H20N2O3S/c1-11-5-7-16(8-6-11)23(21,22)19-14(4)18-15-9-12(2)17(20)13(3)10-15/h5-10,20H,1-4H3,(H,18,19). The monoisotopic (exact) mass is 332 g/mol. The van der Waals surface area contributed by atoms with E-state index in [1.165, 1.54) is 12.1 Å². The summed E-state index contributed by atoms with van der Waals surface area (Å²) in [6, 6.07) is 10.0. The molecule has 2 aromatic rings. The van der Waals surface area contributed by atoms with Crippen molar-refractivity contribution in [3.8, 4) is 5.75 Å². The van der Waals surface area contributed by atoms with Gasteiger partial charge >= 0.3 is 0 Å². The lowest BCUT2D eigenvalue weighted by molar-refractivity contribution is 0.467. The molecule has 2 rings (SSSR count). The molecule has 0 saturated heterocycles. The molecule has 0 atom stereocenters. The third-order valence-corrected chi connectivity index (χ3v) is 4.77. The molecular weight excluding hydrogens is 312 g/mol. The van der Waals surface area contributed by atoms with E-state index in [9.17, 15) is 13.5 Å². The average Bonchev–Trinajstić information content (AvgIpc) is 2.44. The molecular formula is C17H20N2O3S. The van der Waals surface area contributed by atoms with Gasteiger partial charge in [0.15, 0.2) is 0 Å². The normalized spacial score (nSPS) is 12.3. The Morgan fingerprint density at radius 1 is 1.04 bits per heavy atom. The predicted octanol–water partition coefficient (Wildman–Crippen LogP) is 3.54. The zero-order valence-electron chi connectivity index (χ0n) is 13.6. The number of benzene rings is 2. The second-order valence-corrected chi connectivity index (χ2v) is 7.15. The van der Waals surface area contributed by atoms with Crippen LogP contribution in [0, 0.1) is 20.8 Å². The Kier molecular flexibility index (Phi) is 4.75. The van der Waals surface area contributed by atoms with Crippen LogP contribution in [0.3, 0.4) is 0 Å². The molecule has 0 aliphatic rings.